The van der Waals surface area contributed by atoms with Gasteiger partial charge in [-0.25, -0.2) is 4.72 Å². The number of halogens is 2. The number of alkyl halides is 2. The van der Waals surface area contributed by atoms with Crippen molar-refractivity contribution in [2.45, 2.75) is 89.4 Å². The fourth-order valence-corrected chi connectivity index (χ4v) is 9.65. The number of ether oxygens (including phenoxy) is 1. The Balaban J connectivity index is 1.37. The van der Waals surface area contributed by atoms with Crippen molar-refractivity contribution in [2.75, 3.05) is 34.2 Å². The summed E-state index contributed by atoms with van der Waals surface area (Å²) in [6.45, 7) is 3.77. The number of carbonyl (C=O) groups excluding carboxylic acids is 2. The van der Waals surface area contributed by atoms with Gasteiger partial charge in [-0.05, 0) is 86.1 Å². The molecule has 0 radical (unpaired) electrons. The number of rotatable bonds is 9. The van der Waals surface area contributed by atoms with E-state index in [2.05, 4.69) is 21.9 Å². The number of nitrogens with one attached hydrogen (secondary N) is 2. The van der Waals surface area contributed by atoms with Gasteiger partial charge >= 0.3 is 16.3 Å². The lowest BCUT2D eigenvalue weighted by Gasteiger charge is -2.69. The lowest BCUT2D eigenvalue weighted by Crippen LogP contribution is -2.79. The molecule has 7 rings (SSSR count). The van der Waals surface area contributed by atoms with Crippen LogP contribution in [-0.4, -0.2) is 92.8 Å². The van der Waals surface area contributed by atoms with Crippen molar-refractivity contribution in [1.82, 2.24) is 24.1 Å². The molecule has 4 aliphatic carbocycles. The van der Waals surface area contributed by atoms with E-state index in [1.807, 2.05) is 24.1 Å². The Bertz CT molecular complexity index is 1830. The monoisotopic (exact) mass is 711 g/mol. The highest BCUT2D eigenvalue weighted by Gasteiger charge is 2.64. The standard InChI is InChI=1S/C37H47F2N5O5S/c1-36-17-16-30(36)44(31(36)20-40-3)35(46)24-18-27-25(12-9-13-29(27)49-37(2,38)39)33-32(22-10-7-6-8-11-22)26-15-14-23(19-28(26)43(33)21-24)34(45)41-50(47,48)42(4)5/h9,13-15,18-19,22,28,30-31,40H,6-8,10-12,16-17,20-21H2,1-5H3,(H,41,45). The average molecular weight is 712 g/mol. The second-order valence-electron chi connectivity index (χ2n) is 15.1. The molecule has 0 aromatic rings. The minimum absolute atomic E-state index is 0.00208. The van der Waals surface area contributed by atoms with Crippen molar-refractivity contribution in [3.63, 3.8) is 0 Å². The van der Waals surface area contributed by atoms with Crippen LogP contribution in [0.3, 0.4) is 0 Å². The fourth-order valence-electron chi connectivity index (χ4n) is 9.11. The van der Waals surface area contributed by atoms with E-state index >= 15 is 0 Å². The number of fused-ring (bicyclic) bond motifs is 5. The van der Waals surface area contributed by atoms with E-state index in [1.54, 1.807) is 24.3 Å². The molecule has 2 N–H and O–H groups in total. The minimum atomic E-state index is -4.04. The van der Waals surface area contributed by atoms with E-state index in [-0.39, 0.29) is 47.2 Å². The van der Waals surface area contributed by atoms with E-state index in [1.165, 1.54) is 14.1 Å². The van der Waals surface area contributed by atoms with Crippen molar-refractivity contribution < 1.29 is 31.5 Å². The summed E-state index contributed by atoms with van der Waals surface area (Å²) >= 11 is 0. The summed E-state index contributed by atoms with van der Waals surface area (Å²) in [5, 5.41) is 3.25. The van der Waals surface area contributed by atoms with Crippen molar-refractivity contribution in [2.24, 2.45) is 11.3 Å². The molecule has 0 spiro atoms. The predicted molar refractivity (Wildman–Crippen MR) is 185 cm³/mol. The molecule has 1 saturated heterocycles. The predicted octanol–water partition coefficient (Wildman–Crippen LogP) is 4.60. The Morgan fingerprint density at radius 1 is 1.12 bits per heavy atom. The first-order valence-electron chi connectivity index (χ1n) is 17.7. The van der Waals surface area contributed by atoms with Crippen LogP contribution in [-0.2, 0) is 24.5 Å². The number of piperidine rings is 1. The molecule has 3 heterocycles. The number of hydrogen-bond acceptors (Lipinski definition) is 7. The molecular weight excluding hydrogens is 664 g/mol. The van der Waals surface area contributed by atoms with E-state index in [0.29, 0.717) is 31.0 Å². The van der Waals surface area contributed by atoms with Gasteiger partial charge in [0.1, 0.15) is 5.76 Å². The first-order valence-corrected chi connectivity index (χ1v) is 19.1. The Morgan fingerprint density at radius 2 is 1.86 bits per heavy atom. The highest BCUT2D eigenvalue weighted by atomic mass is 32.2. The van der Waals surface area contributed by atoms with E-state index in [4.69, 9.17) is 4.74 Å². The zero-order valence-corrected chi connectivity index (χ0v) is 30.2. The van der Waals surface area contributed by atoms with Gasteiger partial charge in [-0.1, -0.05) is 38.3 Å². The van der Waals surface area contributed by atoms with Crippen molar-refractivity contribution in [3.05, 3.63) is 81.4 Å². The fraction of sp³-hybridized carbons (Fsp3) is 0.568. The summed E-state index contributed by atoms with van der Waals surface area (Å²) < 4.78 is 62.6. The molecule has 13 heteroatoms. The number of likely N-dealkylation sites (tertiary alicyclic amines) is 1. The second-order valence-corrected chi connectivity index (χ2v) is 17.0. The Hall–Kier alpha value is -3.55. The smallest absolute Gasteiger partial charge is 0.394 e. The van der Waals surface area contributed by atoms with Crippen LogP contribution >= 0.6 is 0 Å². The number of nitrogens with zero attached hydrogens (tertiary/aromatic N) is 3. The summed E-state index contributed by atoms with van der Waals surface area (Å²) in [6, 6.07) is -0.363. The number of allylic oxidation sites excluding steroid dienone is 6. The first-order chi connectivity index (χ1) is 23.6. The molecule has 270 valence electrons. The van der Waals surface area contributed by atoms with Crippen molar-refractivity contribution in [1.29, 1.82) is 0 Å². The third-order valence-corrected chi connectivity index (χ3v) is 13.1. The molecule has 2 amide bonds. The summed E-state index contributed by atoms with van der Waals surface area (Å²) in [6.07, 6.45) is 14.6. The zero-order valence-electron chi connectivity index (χ0n) is 29.4. The van der Waals surface area contributed by atoms with E-state index < -0.39 is 28.3 Å². The maximum Gasteiger partial charge on any atom is 0.394 e. The third-order valence-electron chi connectivity index (χ3n) is 11.7. The van der Waals surface area contributed by atoms with Gasteiger partial charge in [-0.2, -0.15) is 21.5 Å². The van der Waals surface area contributed by atoms with Crippen LogP contribution in [0.15, 0.2) is 81.4 Å². The maximum atomic E-state index is 14.7. The molecule has 10 nitrogen and oxygen atoms in total. The molecule has 3 aliphatic heterocycles. The average Bonchev–Trinajstić information content (AvgIpc) is 3.26. The van der Waals surface area contributed by atoms with Crippen LogP contribution in [0.1, 0.15) is 65.2 Å². The van der Waals surface area contributed by atoms with Gasteiger partial charge in [-0.15, -0.1) is 0 Å². The minimum Gasteiger partial charge on any atom is -0.432 e. The highest BCUT2D eigenvalue weighted by Crippen LogP contribution is 2.58. The lowest BCUT2D eigenvalue weighted by molar-refractivity contribution is -0.198. The SMILES string of the molecule is CNCC1N(C(=O)C2=CC3=C(OC(C)(F)F)C=CCC3=C3C(C4CCCCC4)=C4C=CC(C(=O)NS(=O)(=O)N(C)C)=CC4N3C2)C2CCC21C. The molecule has 4 atom stereocenters. The van der Waals surface area contributed by atoms with Crippen LogP contribution < -0.4 is 10.0 Å². The normalized spacial score (nSPS) is 29.4. The van der Waals surface area contributed by atoms with Gasteiger partial charge in [0.05, 0.1) is 12.1 Å². The summed E-state index contributed by atoms with van der Waals surface area (Å²) in [7, 11) is 0.530. The molecule has 0 aromatic carbocycles. The number of hydrogen-bond donors (Lipinski definition) is 2. The largest absolute Gasteiger partial charge is 0.432 e. The maximum absolute atomic E-state index is 14.7. The number of likely N-dealkylation sites (N-methyl/N-ethyl adjacent to an activating group) is 1. The third kappa shape index (κ3) is 5.78. The molecule has 2 saturated carbocycles. The Labute approximate surface area is 293 Å². The van der Waals surface area contributed by atoms with Crippen LogP contribution in [0.5, 0.6) is 0 Å². The molecule has 3 fully saturated rings. The molecule has 4 unspecified atom stereocenters. The van der Waals surface area contributed by atoms with Crippen LogP contribution in [0.25, 0.3) is 0 Å². The topological polar surface area (TPSA) is 111 Å². The molecule has 0 aromatic heterocycles. The van der Waals surface area contributed by atoms with Crippen LogP contribution in [0.4, 0.5) is 8.78 Å². The number of carbonyl (C=O) groups is 2. The van der Waals surface area contributed by atoms with E-state index in [9.17, 15) is 26.8 Å². The van der Waals surface area contributed by atoms with Gasteiger partial charge in [0, 0.05) is 68.0 Å². The van der Waals surface area contributed by atoms with Gasteiger partial charge in [0.2, 0.25) is 0 Å². The van der Waals surface area contributed by atoms with Crippen molar-refractivity contribution in [3.8, 4) is 0 Å². The molecule has 50 heavy (non-hydrogen) atoms. The van der Waals surface area contributed by atoms with Gasteiger partial charge in [0.25, 0.3) is 11.8 Å². The van der Waals surface area contributed by atoms with Crippen LogP contribution in [0, 0.1) is 11.3 Å². The molecule has 7 aliphatic rings. The highest BCUT2D eigenvalue weighted by molar-refractivity contribution is 7.87. The quantitative estimate of drug-likeness (QED) is 0.360. The molecule has 0 bridgehead atoms. The van der Waals surface area contributed by atoms with Gasteiger partial charge in [0.15, 0.2) is 0 Å². The zero-order chi connectivity index (χ0) is 35.7. The Kier molecular flexibility index (Phi) is 8.78. The summed E-state index contributed by atoms with van der Waals surface area (Å²) in [5.74, 6) is -0.664. The Morgan fingerprint density at radius 3 is 2.50 bits per heavy atom. The van der Waals surface area contributed by atoms with Crippen molar-refractivity contribution >= 4 is 22.0 Å². The lowest BCUT2D eigenvalue weighted by atomic mass is 9.53. The van der Waals surface area contributed by atoms with Gasteiger partial charge < -0.3 is 19.9 Å². The first kappa shape index (κ1) is 34.9. The summed E-state index contributed by atoms with van der Waals surface area (Å²) in [4.78, 5) is 32.2. The van der Waals surface area contributed by atoms with Crippen LogP contribution in [0.2, 0.25) is 0 Å². The van der Waals surface area contributed by atoms with E-state index in [0.717, 1.165) is 71.7 Å². The molecular formula is C37H47F2N5O5S. The summed E-state index contributed by atoms with van der Waals surface area (Å²) in [5.41, 5.74) is 4.97. The second kappa shape index (κ2) is 12.6. The number of amides is 2. The van der Waals surface area contributed by atoms with Gasteiger partial charge in [-0.3, -0.25) is 9.59 Å².